The van der Waals surface area contributed by atoms with Crippen molar-refractivity contribution in [3.63, 3.8) is 0 Å². The van der Waals surface area contributed by atoms with Crippen LogP contribution in [0.1, 0.15) is 20.3 Å². The fourth-order valence-electron chi connectivity index (χ4n) is 4.19. The second-order valence-electron chi connectivity index (χ2n) is 8.34. The van der Waals surface area contributed by atoms with Crippen LogP contribution in [0.2, 0.25) is 0 Å². The molecule has 1 aromatic carbocycles. The highest BCUT2D eigenvalue weighted by Gasteiger charge is 2.18. The third-order valence-corrected chi connectivity index (χ3v) is 5.55. The molecule has 30 heavy (non-hydrogen) atoms. The predicted molar refractivity (Wildman–Crippen MR) is 119 cm³/mol. The summed E-state index contributed by atoms with van der Waals surface area (Å²) < 4.78 is 19.5. The van der Waals surface area contributed by atoms with Crippen molar-refractivity contribution in [1.82, 2.24) is 14.9 Å². The number of nitrogens with zero attached hydrogens (tertiary/aromatic N) is 3. The summed E-state index contributed by atoms with van der Waals surface area (Å²) in [7, 11) is 0. The van der Waals surface area contributed by atoms with Crippen molar-refractivity contribution in [2.24, 2.45) is 5.92 Å². The van der Waals surface area contributed by atoms with Crippen LogP contribution in [0.5, 0.6) is 0 Å². The van der Waals surface area contributed by atoms with Crippen LogP contribution in [-0.2, 0) is 4.74 Å². The number of benzene rings is 1. The molecule has 3 heterocycles. The fourth-order valence-corrected chi connectivity index (χ4v) is 4.19. The number of rotatable bonds is 7. The Hall–Kier alpha value is -2.51. The zero-order chi connectivity index (χ0) is 21.1. The van der Waals surface area contributed by atoms with Crippen molar-refractivity contribution < 1.29 is 9.13 Å². The van der Waals surface area contributed by atoms with Crippen LogP contribution >= 0.6 is 0 Å². The lowest BCUT2D eigenvalue weighted by atomic mass is 10.1. The Labute approximate surface area is 175 Å². The number of halogens is 1. The normalized spacial score (nSPS) is 15.3. The number of anilines is 1. The van der Waals surface area contributed by atoms with Gasteiger partial charge in [0.2, 0.25) is 0 Å². The van der Waals surface area contributed by atoms with E-state index in [1.165, 1.54) is 12.1 Å². The van der Waals surface area contributed by atoms with E-state index in [4.69, 9.17) is 9.72 Å². The Morgan fingerprint density at radius 2 is 2.03 bits per heavy atom. The minimum atomic E-state index is -0.355. The number of ether oxygens (including phenoxy) is 1. The number of fused-ring (bicyclic) bond motifs is 3. The summed E-state index contributed by atoms with van der Waals surface area (Å²) in [5.41, 5.74) is 0.346. The van der Waals surface area contributed by atoms with Crippen LogP contribution in [0.3, 0.4) is 0 Å². The monoisotopic (exact) mass is 412 g/mol. The Morgan fingerprint density at radius 3 is 2.80 bits per heavy atom. The van der Waals surface area contributed by atoms with Gasteiger partial charge in [0, 0.05) is 49.7 Å². The van der Waals surface area contributed by atoms with Crippen molar-refractivity contribution in [3.8, 4) is 0 Å². The summed E-state index contributed by atoms with van der Waals surface area (Å²) in [6.07, 6.45) is 2.60. The molecule has 1 aliphatic rings. The first-order chi connectivity index (χ1) is 14.5. The topological polar surface area (TPSA) is 61.5 Å². The molecule has 1 saturated heterocycles. The van der Waals surface area contributed by atoms with Gasteiger partial charge in [-0.1, -0.05) is 13.8 Å². The number of hydrogen-bond acceptors (Lipinski definition) is 5. The minimum absolute atomic E-state index is 0.245. The van der Waals surface area contributed by atoms with Crippen LogP contribution in [0, 0.1) is 11.7 Å². The first-order valence-corrected chi connectivity index (χ1v) is 10.7. The lowest BCUT2D eigenvalue weighted by Gasteiger charge is -2.30. The Bertz CT molecular complexity index is 1080. The average molecular weight is 413 g/mol. The van der Waals surface area contributed by atoms with Crippen molar-refractivity contribution in [2.75, 3.05) is 50.8 Å². The molecule has 0 amide bonds. The van der Waals surface area contributed by atoms with Crippen molar-refractivity contribution in [1.29, 1.82) is 0 Å². The highest BCUT2D eigenvalue weighted by molar-refractivity contribution is 6.09. The third kappa shape index (κ3) is 4.47. The van der Waals surface area contributed by atoms with E-state index >= 15 is 0 Å². The summed E-state index contributed by atoms with van der Waals surface area (Å²) in [6, 6.07) is 6.41. The molecule has 0 unspecified atom stereocenters. The Kier molecular flexibility index (Phi) is 6.29. The van der Waals surface area contributed by atoms with Gasteiger partial charge < -0.3 is 14.6 Å². The number of hydrogen-bond donors (Lipinski definition) is 1. The highest BCUT2D eigenvalue weighted by Crippen LogP contribution is 2.31. The van der Waals surface area contributed by atoms with Gasteiger partial charge in [-0.2, -0.15) is 0 Å². The summed E-state index contributed by atoms with van der Waals surface area (Å²) in [5.74, 6) is 0.909. The average Bonchev–Trinajstić information content (AvgIpc) is 2.73. The molecular weight excluding hydrogens is 383 g/mol. The largest absolute Gasteiger partial charge is 0.379 e. The zero-order valence-corrected chi connectivity index (χ0v) is 17.7. The molecule has 6 nitrogen and oxygen atoms in total. The molecule has 0 saturated carbocycles. The fraction of sp³-hybridized carbons (Fsp3) is 0.478. The van der Waals surface area contributed by atoms with Crippen LogP contribution in [0.15, 0.2) is 35.3 Å². The van der Waals surface area contributed by atoms with Crippen molar-refractivity contribution in [2.45, 2.75) is 20.3 Å². The number of morpholine rings is 1. The molecule has 1 N–H and O–H groups in total. The molecule has 160 valence electrons. The molecule has 2 aromatic heterocycles. The number of nitrogens with one attached hydrogen (secondary N) is 1. The van der Waals surface area contributed by atoms with Crippen LogP contribution in [-0.4, -0.2) is 60.8 Å². The van der Waals surface area contributed by atoms with E-state index in [0.29, 0.717) is 22.2 Å². The van der Waals surface area contributed by atoms with Gasteiger partial charge in [0.25, 0.3) is 5.56 Å². The van der Waals surface area contributed by atoms with Crippen LogP contribution < -0.4 is 10.5 Å². The molecule has 0 atom stereocenters. The second-order valence-corrected chi connectivity index (χ2v) is 8.34. The maximum Gasteiger partial charge on any atom is 0.258 e. The maximum absolute atomic E-state index is 14.1. The van der Waals surface area contributed by atoms with Gasteiger partial charge in [0.05, 0.1) is 24.1 Å². The van der Waals surface area contributed by atoms with E-state index < -0.39 is 0 Å². The predicted octanol–water partition coefficient (Wildman–Crippen LogP) is 3.40. The van der Waals surface area contributed by atoms with Gasteiger partial charge in [-0.3, -0.25) is 9.69 Å². The smallest absolute Gasteiger partial charge is 0.258 e. The maximum atomic E-state index is 14.1. The Morgan fingerprint density at radius 1 is 1.23 bits per heavy atom. The van der Waals surface area contributed by atoms with Gasteiger partial charge >= 0.3 is 0 Å². The highest BCUT2D eigenvalue weighted by atomic mass is 19.1. The lowest BCUT2D eigenvalue weighted by Crippen LogP contribution is -2.38. The molecule has 4 rings (SSSR count). The number of pyridine rings is 2. The third-order valence-electron chi connectivity index (χ3n) is 5.55. The van der Waals surface area contributed by atoms with Crippen molar-refractivity contribution in [3.05, 3.63) is 46.6 Å². The van der Waals surface area contributed by atoms with Gasteiger partial charge in [-0.25, -0.2) is 9.37 Å². The first kappa shape index (κ1) is 20.8. The van der Waals surface area contributed by atoms with Crippen LogP contribution in [0.4, 0.5) is 10.2 Å². The molecule has 1 fully saturated rings. The quantitative estimate of drug-likeness (QED) is 0.603. The molecule has 1 aliphatic heterocycles. The zero-order valence-electron chi connectivity index (χ0n) is 17.7. The Balaban J connectivity index is 1.71. The summed E-state index contributed by atoms with van der Waals surface area (Å²) in [4.78, 5) is 24.7. The van der Waals surface area contributed by atoms with E-state index in [-0.39, 0.29) is 11.4 Å². The van der Waals surface area contributed by atoms with Gasteiger partial charge in [0.1, 0.15) is 11.6 Å². The lowest BCUT2D eigenvalue weighted by molar-refractivity contribution is 0.0376. The molecule has 3 aromatic rings. The van der Waals surface area contributed by atoms with Gasteiger partial charge in [-0.15, -0.1) is 0 Å². The number of aromatic amines is 1. The van der Waals surface area contributed by atoms with Gasteiger partial charge in [-0.05, 0) is 36.6 Å². The van der Waals surface area contributed by atoms with Crippen LogP contribution in [0.25, 0.3) is 21.7 Å². The summed E-state index contributed by atoms with van der Waals surface area (Å²) in [5, 5.41) is 1.86. The SMILES string of the molecule is CC(C)CN(CCCN1CCOCC1)c1nc2cc[nH]c(=O)c2c2cc(F)ccc12. The summed E-state index contributed by atoms with van der Waals surface area (Å²) >= 11 is 0. The summed E-state index contributed by atoms with van der Waals surface area (Å²) in [6.45, 7) is 10.6. The van der Waals surface area contributed by atoms with Crippen molar-refractivity contribution >= 4 is 27.5 Å². The van der Waals surface area contributed by atoms with E-state index in [9.17, 15) is 9.18 Å². The molecule has 0 aliphatic carbocycles. The number of H-pyrrole nitrogens is 1. The number of aromatic nitrogens is 2. The van der Waals surface area contributed by atoms with E-state index in [0.717, 1.165) is 63.6 Å². The van der Waals surface area contributed by atoms with E-state index in [2.05, 4.69) is 28.6 Å². The first-order valence-electron chi connectivity index (χ1n) is 10.7. The second kappa shape index (κ2) is 9.10. The molecule has 0 radical (unpaired) electrons. The minimum Gasteiger partial charge on any atom is -0.379 e. The molecule has 0 spiro atoms. The molecular formula is C23H29FN4O2. The van der Waals surface area contributed by atoms with Gasteiger partial charge in [0.15, 0.2) is 0 Å². The molecule has 0 bridgehead atoms. The molecule has 7 heteroatoms. The standard InChI is InChI=1S/C23H29FN4O2/c1-16(2)15-28(9-3-8-27-10-12-30-13-11-27)22-18-5-4-17(24)14-19(18)21-20(26-22)6-7-25-23(21)29/h4-7,14,16H,3,8-13,15H2,1-2H3,(H,25,29). The van der Waals surface area contributed by atoms with E-state index in [1.54, 1.807) is 18.3 Å². The van der Waals surface area contributed by atoms with E-state index in [1.807, 2.05) is 0 Å².